The van der Waals surface area contributed by atoms with E-state index in [1.54, 1.807) is 6.20 Å². The van der Waals surface area contributed by atoms with Gasteiger partial charge in [0.2, 0.25) is 0 Å². The maximum Gasteiger partial charge on any atom is 0.272 e. The highest BCUT2D eigenvalue weighted by molar-refractivity contribution is 5.93. The summed E-state index contributed by atoms with van der Waals surface area (Å²) in [5.41, 5.74) is 1.63. The van der Waals surface area contributed by atoms with Crippen molar-refractivity contribution in [2.75, 3.05) is 0 Å². The van der Waals surface area contributed by atoms with Crippen LogP contribution in [0.3, 0.4) is 0 Å². The van der Waals surface area contributed by atoms with E-state index in [1.165, 1.54) is 0 Å². The minimum absolute atomic E-state index is 0.0498. The number of aliphatic hydroxyl groups is 1. The second-order valence-electron chi connectivity index (χ2n) is 6.97. The van der Waals surface area contributed by atoms with Crippen molar-refractivity contribution in [3.63, 3.8) is 0 Å². The van der Waals surface area contributed by atoms with Gasteiger partial charge in [-0.15, -0.1) is 0 Å². The van der Waals surface area contributed by atoms with Crippen molar-refractivity contribution >= 4 is 5.91 Å². The van der Waals surface area contributed by atoms with Gasteiger partial charge in [-0.05, 0) is 32.1 Å². The highest BCUT2D eigenvalue weighted by atomic mass is 16.3. The van der Waals surface area contributed by atoms with Gasteiger partial charge < -0.3 is 14.6 Å². The van der Waals surface area contributed by atoms with Crippen LogP contribution in [0.4, 0.5) is 0 Å². The highest BCUT2D eigenvalue weighted by Gasteiger charge is 2.41. The van der Waals surface area contributed by atoms with Crippen LogP contribution in [0.1, 0.15) is 42.6 Å². The Morgan fingerprint density at radius 2 is 1.83 bits per heavy atom. The second kappa shape index (κ2) is 6.06. The first-order chi connectivity index (χ1) is 11.6. The van der Waals surface area contributed by atoms with E-state index < -0.39 is 0 Å². The number of aromatic nitrogens is 2. The first-order valence-corrected chi connectivity index (χ1v) is 8.73. The van der Waals surface area contributed by atoms with Crippen LogP contribution in [0.15, 0.2) is 36.5 Å². The Kier molecular flexibility index (Phi) is 3.88. The Morgan fingerprint density at radius 1 is 1.17 bits per heavy atom. The second-order valence-corrected chi connectivity index (χ2v) is 6.97. The third kappa shape index (κ3) is 2.53. The molecule has 0 radical (unpaired) electrons. The summed E-state index contributed by atoms with van der Waals surface area (Å²) < 4.78 is 1.89. The summed E-state index contributed by atoms with van der Waals surface area (Å²) in [6.45, 7) is 0. The number of carbonyl (C=O) groups excluding carboxylic acids is 1. The fourth-order valence-corrected chi connectivity index (χ4v) is 4.28. The van der Waals surface area contributed by atoms with Gasteiger partial charge in [0, 0.05) is 24.7 Å². The fraction of sp³-hybridized carbons (Fsp3) is 0.474. The molecule has 3 atom stereocenters. The number of imidazole rings is 1. The van der Waals surface area contributed by atoms with Gasteiger partial charge in [-0.3, -0.25) is 4.79 Å². The molecule has 1 aromatic carbocycles. The zero-order valence-electron chi connectivity index (χ0n) is 13.9. The number of nitrogens with zero attached hydrogens (tertiary/aromatic N) is 3. The smallest absolute Gasteiger partial charge is 0.272 e. The minimum atomic E-state index is -0.268. The van der Waals surface area contributed by atoms with Crippen molar-refractivity contribution in [3.05, 3.63) is 42.2 Å². The van der Waals surface area contributed by atoms with Gasteiger partial charge in [0.15, 0.2) is 0 Å². The molecule has 0 saturated carbocycles. The van der Waals surface area contributed by atoms with Crippen LogP contribution in [-0.4, -0.2) is 43.7 Å². The van der Waals surface area contributed by atoms with Crippen LogP contribution < -0.4 is 0 Å². The third-order valence-electron chi connectivity index (χ3n) is 5.42. The van der Waals surface area contributed by atoms with Gasteiger partial charge >= 0.3 is 0 Å². The summed E-state index contributed by atoms with van der Waals surface area (Å²) in [6, 6.07) is 10.2. The van der Waals surface area contributed by atoms with Gasteiger partial charge in [0.1, 0.15) is 11.5 Å². The number of fused-ring (bicyclic) bond motifs is 2. The van der Waals surface area contributed by atoms with E-state index >= 15 is 0 Å². The van der Waals surface area contributed by atoms with E-state index in [4.69, 9.17) is 0 Å². The van der Waals surface area contributed by atoms with E-state index in [0.29, 0.717) is 18.5 Å². The molecular weight excluding hydrogens is 302 g/mol. The van der Waals surface area contributed by atoms with Crippen molar-refractivity contribution in [3.8, 4) is 11.4 Å². The third-order valence-corrected chi connectivity index (χ3v) is 5.42. The van der Waals surface area contributed by atoms with E-state index in [9.17, 15) is 9.90 Å². The zero-order valence-corrected chi connectivity index (χ0v) is 13.9. The molecule has 2 aliphatic heterocycles. The van der Waals surface area contributed by atoms with Crippen LogP contribution in [0.25, 0.3) is 11.4 Å². The lowest BCUT2D eigenvalue weighted by molar-refractivity contribution is -0.0156. The lowest BCUT2D eigenvalue weighted by Gasteiger charge is -2.47. The van der Waals surface area contributed by atoms with Gasteiger partial charge in [0.05, 0.1) is 12.3 Å². The molecule has 24 heavy (non-hydrogen) atoms. The summed E-state index contributed by atoms with van der Waals surface area (Å²) in [6.07, 6.45) is 5.94. The number of amides is 1. The van der Waals surface area contributed by atoms with Gasteiger partial charge in [-0.2, -0.15) is 0 Å². The molecule has 1 unspecified atom stereocenters. The molecule has 2 fully saturated rings. The lowest BCUT2D eigenvalue weighted by atomic mass is 9.83. The first kappa shape index (κ1) is 15.4. The monoisotopic (exact) mass is 325 g/mol. The van der Waals surface area contributed by atoms with Crippen LogP contribution in [0.2, 0.25) is 0 Å². The summed E-state index contributed by atoms with van der Waals surface area (Å²) in [5, 5.41) is 10.0. The number of hydrogen-bond acceptors (Lipinski definition) is 3. The Labute approximate surface area is 141 Å². The van der Waals surface area contributed by atoms with Crippen molar-refractivity contribution in [1.82, 2.24) is 14.5 Å². The Hall–Kier alpha value is -2.14. The van der Waals surface area contributed by atoms with Crippen LogP contribution in [0, 0.1) is 0 Å². The van der Waals surface area contributed by atoms with E-state index in [-0.39, 0.29) is 24.1 Å². The number of hydrogen-bond donors (Lipinski definition) is 1. The lowest BCUT2D eigenvalue weighted by Crippen LogP contribution is -2.56. The molecule has 1 aromatic heterocycles. The highest BCUT2D eigenvalue weighted by Crippen LogP contribution is 2.35. The molecule has 2 aliphatic rings. The number of piperidine rings is 2. The standard InChI is InChI=1S/C19H23N3O2/c1-21-17(12-20-18(21)13-6-3-2-4-7-13)19(24)22-14-8-5-9-15(22)11-16(23)10-14/h2-4,6-7,12,14-16,23H,5,8-11H2,1H3/t14-,15+,16?. The number of carbonyl (C=O) groups is 1. The van der Waals surface area contributed by atoms with Gasteiger partial charge in [-0.1, -0.05) is 30.3 Å². The molecule has 4 rings (SSSR count). The van der Waals surface area contributed by atoms with E-state index in [1.807, 2.05) is 46.8 Å². The molecule has 0 spiro atoms. The Bertz CT molecular complexity index is 726. The summed E-state index contributed by atoms with van der Waals surface area (Å²) in [7, 11) is 1.90. The molecule has 2 saturated heterocycles. The quantitative estimate of drug-likeness (QED) is 0.923. The number of benzene rings is 1. The number of rotatable bonds is 2. The molecule has 0 aliphatic carbocycles. The van der Waals surface area contributed by atoms with Crippen LogP contribution in [-0.2, 0) is 7.05 Å². The van der Waals surface area contributed by atoms with Crippen molar-refractivity contribution in [1.29, 1.82) is 0 Å². The van der Waals surface area contributed by atoms with Crippen LogP contribution in [0.5, 0.6) is 0 Å². The van der Waals surface area contributed by atoms with Gasteiger partial charge in [-0.25, -0.2) is 4.98 Å². The average molecular weight is 325 g/mol. The Balaban J connectivity index is 1.65. The average Bonchev–Trinajstić information content (AvgIpc) is 2.96. The number of aliphatic hydroxyl groups excluding tert-OH is 1. The molecule has 5 nitrogen and oxygen atoms in total. The molecule has 126 valence electrons. The molecule has 2 bridgehead atoms. The topological polar surface area (TPSA) is 58.4 Å². The molecule has 2 aromatic rings. The SMILES string of the molecule is Cn1c(C(=O)N2[C@@H]3CCC[C@H]2CC(O)C3)cnc1-c1ccccc1. The predicted molar refractivity (Wildman–Crippen MR) is 91.5 cm³/mol. The van der Waals surface area contributed by atoms with Crippen LogP contribution >= 0.6 is 0 Å². The zero-order chi connectivity index (χ0) is 16.7. The van der Waals surface area contributed by atoms with Crippen molar-refractivity contribution < 1.29 is 9.90 Å². The maximum absolute atomic E-state index is 13.2. The van der Waals surface area contributed by atoms with Crippen molar-refractivity contribution in [2.24, 2.45) is 7.05 Å². The molecular formula is C19H23N3O2. The summed E-state index contributed by atoms with van der Waals surface area (Å²) >= 11 is 0. The normalized spacial score (nSPS) is 26.4. The maximum atomic E-state index is 13.2. The molecule has 1 amide bonds. The summed E-state index contributed by atoms with van der Waals surface area (Å²) in [4.78, 5) is 19.7. The largest absolute Gasteiger partial charge is 0.393 e. The van der Waals surface area contributed by atoms with Crippen molar-refractivity contribution in [2.45, 2.75) is 50.3 Å². The summed E-state index contributed by atoms with van der Waals surface area (Å²) in [5.74, 6) is 0.856. The predicted octanol–water partition coefficient (Wildman–Crippen LogP) is 2.61. The van der Waals surface area contributed by atoms with E-state index in [0.717, 1.165) is 30.7 Å². The van der Waals surface area contributed by atoms with E-state index in [2.05, 4.69) is 4.98 Å². The molecule has 1 N–H and O–H groups in total. The fourth-order valence-electron chi connectivity index (χ4n) is 4.28. The molecule has 3 heterocycles. The Morgan fingerprint density at radius 3 is 2.50 bits per heavy atom. The van der Waals surface area contributed by atoms with Gasteiger partial charge in [0.25, 0.3) is 5.91 Å². The molecule has 5 heteroatoms. The first-order valence-electron chi connectivity index (χ1n) is 8.73. The minimum Gasteiger partial charge on any atom is -0.393 e.